The number of benzene rings is 2. The number of rotatable bonds is 12. The van der Waals surface area contributed by atoms with Crippen LogP contribution in [0.15, 0.2) is 78.8 Å². The Kier molecular flexibility index (Phi) is 10.6. The monoisotopic (exact) mass is 603 g/mol. The lowest BCUT2D eigenvalue weighted by molar-refractivity contribution is -0.145. The molecule has 2 aliphatic heterocycles. The van der Waals surface area contributed by atoms with Gasteiger partial charge in [-0.1, -0.05) is 61.0 Å². The van der Waals surface area contributed by atoms with E-state index in [0.29, 0.717) is 24.5 Å². The Labute approximate surface area is 260 Å². The molecule has 0 aliphatic carbocycles. The number of hydrogen-bond donors (Lipinski definition) is 1. The van der Waals surface area contributed by atoms with E-state index in [1.807, 2.05) is 66.9 Å². The topological polar surface area (TPSA) is 70.2 Å². The van der Waals surface area contributed by atoms with Crippen LogP contribution in [0.1, 0.15) is 67.8 Å². The van der Waals surface area contributed by atoms with Gasteiger partial charge in [0.2, 0.25) is 0 Å². The number of pyridine rings is 1. The molecule has 0 radical (unpaired) electrons. The van der Waals surface area contributed by atoms with E-state index in [-0.39, 0.29) is 24.6 Å². The zero-order valence-electron chi connectivity index (χ0n) is 25.3. The van der Waals surface area contributed by atoms with Gasteiger partial charge in [-0.25, -0.2) is 0 Å². The molecule has 0 spiro atoms. The first kappa shape index (κ1) is 30.9. The Hall–Kier alpha value is -3.59. The minimum atomic E-state index is -0.204. The molecule has 2 aromatic carbocycles. The van der Waals surface area contributed by atoms with Crippen LogP contribution < -0.4 is 10.2 Å². The second-order valence-corrected chi connectivity index (χ2v) is 11.7. The van der Waals surface area contributed by atoms with Crippen molar-refractivity contribution in [3.63, 3.8) is 0 Å². The highest BCUT2D eigenvalue weighted by Crippen LogP contribution is 2.32. The van der Waals surface area contributed by atoms with Crippen LogP contribution in [0.2, 0.25) is 5.02 Å². The van der Waals surface area contributed by atoms with Crippen LogP contribution in [0.4, 0.5) is 0 Å². The van der Waals surface area contributed by atoms with Gasteiger partial charge in [-0.3, -0.25) is 19.7 Å². The van der Waals surface area contributed by atoms with Crippen LogP contribution in [-0.2, 0) is 29.2 Å². The Balaban J connectivity index is 1.33. The molecule has 0 saturated heterocycles. The summed E-state index contributed by atoms with van der Waals surface area (Å²) >= 11 is 6.79. The molecule has 2 atom stereocenters. The molecule has 9 heteroatoms. The molecule has 8 nitrogen and oxygen atoms in total. The van der Waals surface area contributed by atoms with Gasteiger partial charge >= 0.3 is 5.97 Å². The van der Waals surface area contributed by atoms with Crippen molar-refractivity contribution in [2.45, 2.75) is 71.2 Å². The van der Waals surface area contributed by atoms with Gasteiger partial charge in [-0.15, -0.1) is 5.12 Å². The highest BCUT2D eigenvalue weighted by Gasteiger charge is 2.25. The number of hydrogen-bond acceptors (Lipinski definition) is 8. The molecule has 1 unspecified atom stereocenters. The minimum absolute atomic E-state index is 0.0266. The van der Waals surface area contributed by atoms with Crippen molar-refractivity contribution in [1.82, 2.24) is 25.4 Å². The molecule has 1 aromatic heterocycles. The fourth-order valence-electron chi connectivity index (χ4n) is 5.68. The van der Waals surface area contributed by atoms with Crippen LogP contribution in [0.3, 0.4) is 0 Å². The maximum absolute atomic E-state index is 13.1. The lowest BCUT2D eigenvalue weighted by Crippen LogP contribution is -2.38. The normalized spacial score (nSPS) is 17.8. The van der Waals surface area contributed by atoms with Crippen molar-refractivity contribution >= 4 is 17.6 Å². The van der Waals surface area contributed by atoms with E-state index in [9.17, 15) is 4.79 Å². The number of carbonyl (C=O) groups excluding carboxylic acids is 1. The molecule has 0 bridgehead atoms. The molecule has 0 saturated carbocycles. The Morgan fingerprint density at radius 1 is 1.16 bits per heavy atom. The Bertz CT molecular complexity index is 1400. The summed E-state index contributed by atoms with van der Waals surface area (Å²) in [5.41, 5.74) is 8.59. The Morgan fingerprint density at radius 3 is 2.77 bits per heavy atom. The average molecular weight is 604 g/mol. The number of fused-ring (bicyclic) bond motifs is 1. The van der Waals surface area contributed by atoms with Crippen molar-refractivity contribution in [2.24, 2.45) is 0 Å². The zero-order valence-corrected chi connectivity index (χ0v) is 26.1. The molecule has 228 valence electrons. The summed E-state index contributed by atoms with van der Waals surface area (Å²) in [5, 5.41) is 4.83. The second-order valence-electron chi connectivity index (χ2n) is 11.2. The van der Waals surface area contributed by atoms with E-state index in [2.05, 4.69) is 52.5 Å². The van der Waals surface area contributed by atoms with Crippen LogP contribution >= 0.6 is 11.6 Å². The van der Waals surface area contributed by atoms with Gasteiger partial charge in [0.25, 0.3) is 0 Å². The van der Waals surface area contributed by atoms with E-state index >= 15 is 0 Å². The molecule has 3 heterocycles. The standard InChI is InChI=1S/C34H42ClN5O3/c1-4-30-22-39(23-32-33(43-30)12-9-17-36-32)20-28-18-26(14-16-31(28)35)27(13-15-29-21-40(5-2)38(3)37-29)19-34(41)42-24-25-10-7-6-8-11-25/h6-12,14,16-18,21,27,30,37H,4-5,13,15,19-20,22-24H2,1-3H3/t27?,30-/m1/s1. The predicted molar refractivity (Wildman–Crippen MR) is 169 cm³/mol. The SMILES string of the molecule is CC[C@@H]1CN(Cc2cc(C(CCC3=CN(CC)N(C)N3)CC(=O)OCc3ccccc3)ccc2Cl)Cc2ncccc2O1. The maximum atomic E-state index is 13.1. The predicted octanol–water partition coefficient (Wildman–Crippen LogP) is 6.43. The zero-order chi connectivity index (χ0) is 30.2. The van der Waals surface area contributed by atoms with Gasteiger partial charge in [-0.05, 0) is 67.0 Å². The van der Waals surface area contributed by atoms with Crippen LogP contribution in [-0.4, -0.2) is 52.2 Å². The van der Waals surface area contributed by atoms with E-state index in [1.54, 1.807) is 0 Å². The first-order valence-electron chi connectivity index (χ1n) is 15.2. The van der Waals surface area contributed by atoms with Gasteiger partial charge in [0.1, 0.15) is 18.5 Å². The Morgan fingerprint density at radius 2 is 2.00 bits per heavy atom. The van der Waals surface area contributed by atoms with Crippen molar-refractivity contribution < 1.29 is 14.3 Å². The largest absolute Gasteiger partial charge is 0.487 e. The first-order valence-corrected chi connectivity index (χ1v) is 15.6. The lowest BCUT2D eigenvalue weighted by Gasteiger charge is -2.25. The lowest BCUT2D eigenvalue weighted by atomic mass is 9.89. The molecule has 0 amide bonds. The molecule has 1 N–H and O–H groups in total. The molecule has 2 aliphatic rings. The third-order valence-corrected chi connectivity index (χ3v) is 8.47. The number of aromatic nitrogens is 1. The summed E-state index contributed by atoms with van der Waals surface area (Å²) in [5.74, 6) is 0.623. The van der Waals surface area contributed by atoms with Crippen molar-refractivity contribution in [2.75, 3.05) is 20.1 Å². The average Bonchev–Trinajstić information content (AvgIpc) is 3.28. The molecular weight excluding hydrogens is 562 g/mol. The summed E-state index contributed by atoms with van der Waals surface area (Å²) in [7, 11) is 2.00. The number of allylic oxidation sites excluding steroid dienone is 1. The van der Waals surface area contributed by atoms with Crippen molar-refractivity contribution in [3.8, 4) is 5.75 Å². The van der Waals surface area contributed by atoms with Crippen LogP contribution in [0, 0.1) is 0 Å². The van der Waals surface area contributed by atoms with Gasteiger partial charge < -0.3 is 14.9 Å². The number of nitrogens with zero attached hydrogens (tertiary/aromatic N) is 4. The number of nitrogens with one attached hydrogen (secondary N) is 1. The third-order valence-electron chi connectivity index (χ3n) is 8.11. The molecule has 43 heavy (non-hydrogen) atoms. The van der Waals surface area contributed by atoms with Crippen LogP contribution in [0.5, 0.6) is 5.75 Å². The summed E-state index contributed by atoms with van der Waals surface area (Å²) in [6.45, 7) is 7.54. The quantitative estimate of drug-likeness (QED) is 0.237. The van der Waals surface area contributed by atoms with E-state index in [1.165, 1.54) is 0 Å². The van der Waals surface area contributed by atoms with Crippen LogP contribution in [0.25, 0.3) is 0 Å². The highest BCUT2D eigenvalue weighted by molar-refractivity contribution is 6.31. The maximum Gasteiger partial charge on any atom is 0.306 e. The fourth-order valence-corrected chi connectivity index (χ4v) is 5.86. The summed E-state index contributed by atoms with van der Waals surface area (Å²) in [6.07, 6.45) is 6.82. The molecule has 0 fully saturated rings. The van der Waals surface area contributed by atoms with E-state index in [0.717, 1.165) is 66.2 Å². The number of halogens is 1. The van der Waals surface area contributed by atoms with Gasteiger partial charge in [0.15, 0.2) is 0 Å². The number of carbonyl (C=O) groups is 1. The summed E-state index contributed by atoms with van der Waals surface area (Å²) in [4.78, 5) is 20.1. The molecule has 3 aromatic rings. The van der Waals surface area contributed by atoms with Gasteiger partial charge in [-0.2, -0.15) is 0 Å². The third kappa shape index (κ3) is 8.28. The first-order chi connectivity index (χ1) is 20.9. The number of ether oxygens (including phenoxy) is 2. The number of esters is 1. The smallest absolute Gasteiger partial charge is 0.306 e. The summed E-state index contributed by atoms with van der Waals surface area (Å²) in [6, 6.07) is 19.9. The minimum Gasteiger partial charge on any atom is -0.487 e. The van der Waals surface area contributed by atoms with Gasteiger partial charge in [0.05, 0.1) is 12.1 Å². The summed E-state index contributed by atoms with van der Waals surface area (Å²) < 4.78 is 12.0. The van der Waals surface area contributed by atoms with Crippen molar-refractivity contribution in [3.05, 3.63) is 106 Å². The van der Waals surface area contributed by atoms with Gasteiger partial charge in [0, 0.05) is 56.3 Å². The fraction of sp³-hybridized carbons (Fsp3) is 0.412. The molecular formula is C34H42ClN5O3. The number of hydrazine groups is 2. The highest BCUT2D eigenvalue weighted by atomic mass is 35.5. The van der Waals surface area contributed by atoms with E-state index in [4.69, 9.17) is 21.1 Å². The second kappa shape index (κ2) is 14.7. The van der Waals surface area contributed by atoms with Crippen molar-refractivity contribution in [1.29, 1.82) is 0 Å². The van der Waals surface area contributed by atoms with E-state index < -0.39 is 0 Å². The molecule has 5 rings (SSSR count).